The Morgan fingerprint density at radius 1 is 1.17 bits per heavy atom. The van der Waals surface area contributed by atoms with Gasteiger partial charge in [0.1, 0.15) is 6.61 Å². The van der Waals surface area contributed by atoms with E-state index >= 15 is 0 Å². The summed E-state index contributed by atoms with van der Waals surface area (Å²) in [4.78, 5) is 15.4. The van der Waals surface area contributed by atoms with E-state index in [1.165, 1.54) is 6.92 Å². The number of carboxylic acid groups (broad SMARTS) is 1. The fourth-order valence-corrected chi connectivity index (χ4v) is 2.88. The summed E-state index contributed by atoms with van der Waals surface area (Å²) in [6, 6.07) is 9.75. The van der Waals surface area contributed by atoms with Gasteiger partial charge in [0, 0.05) is 12.1 Å². The molecule has 2 aromatic rings. The van der Waals surface area contributed by atoms with Gasteiger partial charge in [-0.2, -0.15) is 0 Å². The molecule has 0 spiro atoms. The van der Waals surface area contributed by atoms with Crippen LogP contribution in [0.1, 0.15) is 38.3 Å². The Hall–Kier alpha value is -3.09. The van der Waals surface area contributed by atoms with Crippen molar-refractivity contribution in [3.8, 4) is 5.75 Å². The van der Waals surface area contributed by atoms with Crippen molar-refractivity contribution >= 4 is 23.1 Å². The van der Waals surface area contributed by atoms with Gasteiger partial charge in [-0.25, -0.2) is 8.78 Å². The van der Waals surface area contributed by atoms with Crippen LogP contribution >= 0.6 is 0 Å². The molecule has 0 bridgehead atoms. The average Bonchev–Trinajstić information content (AvgIpc) is 2.67. The van der Waals surface area contributed by atoms with Gasteiger partial charge in [-0.1, -0.05) is 26.0 Å². The fraction of sp³-hybridized carbons (Fsp3) is 0.348. The lowest BCUT2D eigenvalue weighted by atomic mass is 10.0. The number of benzene rings is 2. The molecule has 0 aliphatic rings. The minimum absolute atomic E-state index is 0.0108. The van der Waals surface area contributed by atoms with Crippen molar-refractivity contribution in [3.05, 3.63) is 59.2 Å². The molecule has 0 aliphatic heterocycles. The van der Waals surface area contributed by atoms with Crippen LogP contribution in [-0.2, 0) is 17.6 Å². The zero-order valence-electron chi connectivity index (χ0n) is 17.3. The van der Waals surface area contributed by atoms with E-state index in [1.54, 1.807) is 6.92 Å². The molecule has 0 aliphatic carbocycles. The Bertz CT molecular complexity index is 917. The number of aryl methyl sites for hydroxylation is 1. The highest BCUT2D eigenvalue weighted by Gasteiger charge is 2.18. The Kier molecular flexibility index (Phi) is 8.21. The van der Waals surface area contributed by atoms with Crippen LogP contribution in [0.25, 0.3) is 0 Å². The number of aliphatic imine (C=N–C) groups is 1. The second-order valence-electron chi connectivity index (χ2n) is 7.28. The van der Waals surface area contributed by atoms with Crippen LogP contribution in [0.5, 0.6) is 5.75 Å². The van der Waals surface area contributed by atoms with E-state index in [0.717, 1.165) is 24.1 Å². The van der Waals surface area contributed by atoms with Crippen LogP contribution < -0.4 is 4.74 Å². The predicted molar refractivity (Wildman–Crippen MR) is 113 cm³/mol. The number of carbonyl (C=O) groups is 1. The lowest BCUT2D eigenvalue weighted by molar-refractivity contribution is -0.141. The van der Waals surface area contributed by atoms with Crippen LogP contribution in [0.4, 0.5) is 14.5 Å². The first kappa shape index (κ1) is 23.2. The zero-order valence-corrected chi connectivity index (χ0v) is 17.3. The SMILES string of the molecule is CCc1ccc(N=C(COc2c(F)cc(CC(C)C(=O)O)cc2F)CC(C)=N)cc1. The molecule has 2 aromatic carbocycles. The maximum atomic E-state index is 14.4. The summed E-state index contributed by atoms with van der Waals surface area (Å²) in [6.45, 7) is 4.96. The van der Waals surface area contributed by atoms with Gasteiger partial charge in [0.25, 0.3) is 0 Å². The molecule has 1 unspecified atom stereocenters. The smallest absolute Gasteiger partial charge is 0.306 e. The first-order valence-corrected chi connectivity index (χ1v) is 9.72. The van der Waals surface area contributed by atoms with Gasteiger partial charge in [-0.15, -0.1) is 0 Å². The number of halogens is 2. The molecule has 5 nitrogen and oxygen atoms in total. The largest absolute Gasteiger partial charge is 0.482 e. The molecule has 0 heterocycles. The number of nitrogens with one attached hydrogen (secondary N) is 1. The maximum absolute atomic E-state index is 14.4. The summed E-state index contributed by atoms with van der Waals surface area (Å²) in [5.41, 5.74) is 2.89. The van der Waals surface area contributed by atoms with Gasteiger partial charge in [0.2, 0.25) is 0 Å². The van der Waals surface area contributed by atoms with E-state index in [-0.39, 0.29) is 25.0 Å². The van der Waals surface area contributed by atoms with E-state index in [9.17, 15) is 13.6 Å². The predicted octanol–water partition coefficient (Wildman–Crippen LogP) is 5.37. The number of rotatable bonds is 10. The number of hydrogen-bond donors (Lipinski definition) is 2. The zero-order chi connectivity index (χ0) is 22.3. The third-order valence-corrected chi connectivity index (χ3v) is 4.51. The summed E-state index contributed by atoms with van der Waals surface area (Å²) in [7, 11) is 0. The molecule has 0 saturated heterocycles. The van der Waals surface area contributed by atoms with Crippen LogP contribution in [-0.4, -0.2) is 29.1 Å². The van der Waals surface area contributed by atoms with Crippen LogP contribution in [0.2, 0.25) is 0 Å². The summed E-state index contributed by atoms with van der Waals surface area (Å²) in [5, 5.41) is 16.7. The highest BCUT2D eigenvalue weighted by Crippen LogP contribution is 2.25. The average molecular weight is 416 g/mol. The van der Waals surface area contributed by atoms with E-state index in [2.05, 4.69) is 4.99 Å². The summed E-state index contributed by atoms with van der Waals surface area (Å²) < 4.78 is 34.1. The Morgan fingerprint density at radius 2 is 1.77 bits per heavy atom. The summed E-state index contributed by atoms with van der Waals surface area (Å²) >= 11 is 0. The van der Waals surface area contributed by atoms with Crippen molar-refractivity contribution in [1.82, 2.24) is 0 Å². The Balaban J connectivity index is 2.18. The molecule has 30 heavy (non-hydrogen) atoms. The molecule has 0 fully saturated rings. The standard InChI is InChI=1S/C23H26F2N2O3/c1-4-16-5-7-18(8-6-16)27-19(10-15(3)26)13-30-22-20(24)11-17(12-21(22)25)9-14(2)23(28)29/h5-8,11-12,14,26H,4,9-10,13H2,1-3H3,(H,28,29). The molecule has 0 amide bonds. The van der Waals surface area contributed by atoms with Gasteiger partial charge < -0.3 is 15.3 Å². The first-order valence-electron chi connectivity index (χ1n) is 9.72. The minimum atomic E-state index is -1.04. The maximum Gasteiger partial charge on any atom is 0.306 e. The monoisotopic (exact) mass is 416 g/mol. The van der Waals surface area contributed by atoms with Gasteiger partial charge in [-0.05, 0) is 55.2 Å². The minimum Gasteiger partial charge on any atom is -0.482 e. The highest BCUT2D eigenvalue weighted by molar-refractivity contribution is 6.03. The topological polar surface area (TPSA) is 82.7 Å². The highest BCUT2D eigenvalue weighted by atomic mass is 19.1. The second-order valence-corrected chi connectivity index (χ2v) is 7.28. The molecular formula is C23H26F2N2O3. The van der Waals surface area contributed by atoms with Crippen LogP contribution in [0.15, 0.2) is 41.4 Å². The van der Waals surface area contributed by atoms with Gasteiger partial charge in [0.15, 0.2) is 17.4 Å². The van der Waals surface area contributed by atoms with Crippen molar-refractivity contribution in [2.45, 2.75) is 40.0 Å². The Morgan fingerprint density at radius 3 is 2.27 bits per heavy atom. The fourth-order valence-electron chi connectivity index (χ4n) is 2.88. The Labute approximate surface area is 174 Å². The van der Waals surface area contributed by atoms with Crippen molar-refractivity contribution < 1.29 is 23.4 Å². The summed E-state index contributed by atoms with van der Waals surface area (Å²) in [6.07, 6.45) is 1.13. The lowest BCUT2D eigenvalue weighted by Crippen LogP contribution is -2.16. The number of ether oxygens (including phenoxy) is 1. The molecule has 0 saturated carbocycles. The molecule has 1 atom stereocenters. The number of nitrogens with zero attached hydrogens (tertiary/aromatic N) is 1. The molecule has 160 valence electrons. The number of hydrogen-bond acceptors (Lipinski definition) is 4. The second kappa shape index (κ2) is 10.6. The third-order valence-electron chi connectivity index (χ3n) is 4.51. The first-order chi connectivity index (χ1) is 14.2. The van der Waals surface area contributed by atoms with Crippen LogP contribution in [0, 0.1) is 23.0 Å². The lowest BCUT2D eigenvalue weighted by Gasteiger charge is -2.13. The van der Waals surface area contributed by atoms with E-state index in [4.69, 9.17) is 15.3 Å². The normalized spacial score (nSPS) is 12.5. The third kappa shape index (κ3) is 6.76. The molecule has 0 radical (unpaired) electrons. The molecular weight excluding hydrogens is 390 g/mol. The van der Waals surface area contributed by atoms with E-state index in [0.29, 0.717) is 17.1 Å². The van der Waals surface area contributed by atoms with E-state index < -0.39 is 29.3 Å². The van der Waals surface area contributed by atoms with Gasteiger partial charge in [-0.3, -0.25) is 9.79 Å². The van der Waals surface area contributed by atoms with Crippen molar-refractivity contribution in [3.63, 3.8) is 0 Å². The quantitative estimate of drug-likeness (QED) is 0.511. The molecule has 7 heteroatoms. The van der Waals surface area contributed by atoms with Crippen molar-refractivity contribution in [2.24, 2.45) is 10.9 Å². The summed E-state index contributed by atoms with van der Waals surface area (Å²) in [5.74, 6) is -4.14. The van der Waals surface area contributed by atoms with E-state index in [1.807, 2.05) is 31.2 Å². The molecule has 0 aromatic heterocycles. The van der Waals surface area contributed by atoms with Gasteiger partial charge in [0.05, 0.1) is 17.3 Å². The van der Waals surface area contributed by atoms with Crippen molar-refractivity contribution in [2.75, 3.05) is 6.61 Å². The van der Waals surface area contributed by atoms with Gasteiger partial charge >= 0.3 is 5.97 Å². The number of carboxylic acids is 1. The van der Waals surface area contributed by atoms with Crippen molar-refractivity contribution in [1.29, 1.82) is 5.41 Å². The number of aliphatic carboxylic acids is 1. The molecule has 2 rings (SSSR count). The van der Waals surface area contributed by atoms with Crippen LogP contribution in [0.3, 0.4) is 0 Å². The molecule has 2 N–H and O–H groups in total.